The number of aromatic nitrogens is 3. The van der Waals surface area contributed by atoms with Crippen LogP contribution in [0.3, 0.4) is 0 Å². The van der Waals surface area contributed by atoms with Crippen molar-refractivity contribution >= 4 is 33.3 Å². The minimum Gasteiger partial charge on any atom is -0.296 e. The first-order valence-electron chi connectivity index (χ1n) is 5.68. The summed E-state index contributed by atoms with van der Waals surface area (Å²) in [6, 6.07) is 9.35. The molecule has 0 aliphatic carbocycles. The molecular formula is C13H10N4OS. The quantitative estimate of drug-likeness (QED) is 0.777. The first kappa shape index (κ1) is 11.7. The molecule has 5 nitrogen and oxygen atoms in total. The molecule has 2 heterocycles. The molecule has 0 aliphatic heterocycles. The monoisotopic (exact) mass is 270 g/mol. The van der Waals surface area contributed by atoms with Gasteiger partial charge in [-0.05, 0) is 19.1 Å². The normalized spacial score (nSPS) is 10.6. The van der Waals surface area contributed by atoms with Crippen molar-refractivity contribution in [2.75, 3.05) is 5.32 Å². The molecule has 0 bridgehead atoms. The molecule has 6 heteroatoms. The van der Waals surface area contributed by atoms with Gasteiger partial charge in [0, 0.05) is 11.1 Å². The van der Waals surface area contributed by atoms with E-state index < -0.39 is 0 Å². The fraction of sp³-hybridized carbons (Fsp3) is 0.0769. The number of benzene rings is 1. The van der Waals surface area contributed by atoms with Crippen LogP contribution in [0, 0.1) is 6.92 Å². The Bertz CT molecular complexity index is 739. The molecule has 0 aliphatic rings. The van der Waals surface area contributed by atoms with Crippen molar-refractivity contribution in [2.24, 2.45) is 0 Å². The van der Waals surface area contributed by atoms with Crippen molar-refractivity contribution in [3.8, 4) is 0 Å². The maximum atomic E-state index is 12.3. The largest absolute Gasteiger partial charge is 0.296 e. The van der Waals surface area contributed by atoms with Crippen LogP contribution in [-0.2, 0) is 0 Å². The Labute approximate surface area is 113 Å². The Morgan fingerprint density at radius 2 is 2.16 bits per heavy atom. The third-order valence-electron chi connectivity index (χ3n) is 2.67. The molecule has 3 aromatic rings. The summed E-state index contributed by atoms with van der Waals surface area (Å²) in [4.78, 5) is 16.7. The number of fused-ring (bicyclic) bond motifs is 1. The second-order valence-corrected chi connectivity index (χ2v) is 4.86. The number of pyridine rings is 1. The molecule has 0 atom stereocenters. The van der Waals surface area contributed by atoms with E-state index in [-0.39, 0.29) is 5.91 Å². The highest BCUT2D eigenvalue weighted by Crippen LogP contribution is 2.20. The summed E-state index contributed by atoms with van der Waals surface area (Å²) in [7, 11) is 0. The first-order chi connectivity index (χ1) is 9.24. The first-order valence-corrected chi connectivity index (χ1v) is 6.56. The van der Waals surface area contributed by atoms with E-state index in [1.54, 1.807) is 11.6 Å². The van der Waals surface area contributed by atoms with Crippen LogP contribution < -0.4 is 5.32 Å². The molecule has 3 rings (SSSR count). The molecular weight excluding hydrogens is 260 g/mol. The highest BCUT2D eigenvalue weighted by Gasteiger charge is 2.13. The van der Waals surface area contributed by atoms with Crippen molar-refractivity contribution in [3.05, 3.63) is 47.1 Å². The van der Waals surface area contributed by atoms with Gasteiger partial charge in [0.1, 0.15) is 5.51 Å². The van der Waals surface area contributed by atoms with Gasteiger partial charge in [0.25, 0.3) is 5.91 Å². The third kappa shape index (κ3) is 2.30. The Morgan fingerprint density at radius 3 is 2.95 bits per heavy atom. The lowest BCUT2D eigenvalue weighted by atomic mass is 10.1. The molecule has 0 unspecified atom stereocenters. The molecule has 2 aromatic heterocycles. The zero-order chi connectivity index (χ0) is 13.2. The van der Waals surface area contributed by atoms with Crippen LogP contribution in [0.15, 0.2) is 35.8 Å². The Balaban J connectivity index is 2.06. The number of hydrogen-bond acceptors (Lipinski definition) is 5. The third-order valence-corrected chi connectivity index (χ3v) is 3.28. The Hall–Kier alpha value is -2.34. The minimum atomic E-state index is -0.196. The summed E-state index contributed by atoms with van der Waals surface area (Å²) < 4.78 is 0. The second-order valence-electron chi connectivity index (χ2n) is 4.03. The van der Waals surface area contributed by atoms with Gasteiger partial charge in [-0.25, -0.2) is 0 Å². The Kier molecular flexibility index (Phi) is 2.92. The summed E-state index contributed by atoms with van der Waals surface area (Å²) in [5, 5.41) is 11.5. The number of carbonyl (C=O) groups excluding carboxylic acids is 1. The van der Waals surface area contributed by atoms with Crippen LogP contribution in [0.4, 0.5) is 5.13 Å². The van der Waals surface area contributed by atoms with Crippen LogP contribution in [0.25, 0.3) is 10.9 Å². The van der Waals surface area contributed by atoms with E-state index in [9.17, 15) is 4.79 Å². The van der Waals surface area contributed by atoms with E-state index in [0.29, 0.717) is 10.7 Å². The lowest BCUT2D eigenvalue weighted by Crippen LogP contribution is -2.13. The number of hydrogen-bond donors (Lipinski definition) is 1. The molecule has 94 valence electrons. The van der Waals surface area contributed by atoms with Crippen molar-refractivity contribution in [1.82, 2.24) is 15.2 Å². The van der Waals surface area contributed by atoms with Crippen LogP contribution in [0.2, 0.25) is 0 Å². The number of anilines is 1. The number of aryl methyl sites for hydroxylation is 1. The summed E-state index contributed by atoms with van der Waals surface area (Å²) in [5.41, 5.74) is 3.79. The topological polar surface area (TPSA) is 67.8 Å². The summed E-state index contributed by atoms with van der Waals surface area (Å²) in [6.07, 6.45) is 0. The van der Waals surface area contributed by atoms with Gasteiger partial charge in [0.15, 0.2) is 0 Å². The van der Waals surface area contributed by atoms with Gasteiger partial charge in [0.05, 0.1) is 11.1 Å². The number of amides is 1. The van der Waals surface area contributed by atoms with Crippen molar-refractivity contribution in [1.29, 1.82) is 0 Å². The zero-order valence-corrected chi connectivity index (χ0v) is 10.9. The molecule has 0 spiro atoms. The molecule has 19 heavy (non-hydrogen) atoms. The molecule has 1 amide bonds. The van der Waals surface area contributed by atoms with Gasteiger partial charge in [-0.2, -0.15) is 0 Å². The molecule has 1 N–H and O–H groups in total. The number of para-hydroxylation sites is 1. The molecule has 0 saturated heterocycles. The van der Waals surface area contributed by atoms with Gasteiger partial charge in [-0.3, -0.25) is 15.1 Å². The van der Waals surface area contributed by atoms with Gasteiger partial charge < -0.3 is 0 Å². The summed E-state index contributed by atoms with van der Waals surface area (Å²) >= 11 is 1.29. The molecule has 0 fully saturated rings. The molecule has 0 radical (unpaired) electrons. The van der Waals surface area contributed by atoms with Gasteiger partial charge in [-0.1, -0.05) is 29.5 Å². The lowest BCUT2D eigenvalue weighted by Gasteiger charge is -2.06. The maximum absolute atomic E-state index is 12.3. The summed E-state index contributed by atoms with van der Waals surface area (Å²) in [5.74, 6) is -0.196. The smallest absolute Gasteiger partial charge is 0.258 e. The van der Waals surface area contributed by atoms with Crippen LogP contribution in [-0.4, -0.2) is 21.1 Å². The highest BCUT2D eigenvalue weighted by molar-refractivity contribution is 7.13. The molecule has 0 saturated carbocycles. The number of carbonyl (C=O) groups is 1. The number of nitrogens with zero attached hydrogens (tertiary/aromatic N) is 3. The van der Waals surface area contributed by atoms with Crippen LogP contribution in [0.1, 0.15) is 16.1 Å². The fourth-order valence-electron chi connectivity index (χ4n) is 1.89. The van der Waals surface area contributed by atoms with E-state index >= 15 is 0 Å². The van der Waals surface area contributed by atoms with E-state index in [2.05, 4.69) is 20.5 Å². The maximum Gasteiger partial charge on any atom is 0.258 e. The highest BCUT2D eigenvalue weighted by atomic mass is 32.1. The predicted octanol–water partition coefficient (Wildman–Crippen LogP) is 2.65. The number of nitrogens with one attached hydrogen (secondary N) is 1. The standard InChI is InChI=1S/C13H10N4OS/c1-8-6-10(9-4-2-3-5-11(9)15-8)12(18)16-13-17-14-7-19-13/h2-7H,1H3,(H,16,17,18). The molecule has 1 aromatic carbocycles. The van der Waals surface area contributed by atoms with E-state index in [4.69, 9.17) is 0 Å². The second kappa shape index (κ2) is 4.74. The average Bonchev–Trinajstić information content (AvgIpc) is 2.90. The van der Waals surface area contributed by atoms with E-state index in [0.717, 1.165) is 16.6 Å². The fourth-order valence-corrected chi connectivity index (χ4v) is 2.33. The van der Waals surface area contributed by atoms with Crippen molar-refractivity contribution < 1.29 is 4.79 Å². The van der Waals surface area contributed by atoms with Crippen molar-refractivity contribution in [2.45, 2.75) is 6.92 Å². The van der Waals surface area contributed by atoms with Gasteiger partial charge in [-0.15, -0.1) is 10.2 Å². The van der Waals surface area contributed by atoms with E-state index in [1.807, 2.05) is 31.2 Å². The predicted molar refractivity (Wildman–Crippen MR) is 74.3 cm³/mol. The average molecular weight is 270 g/mol. The minimum absolute atomic E-state index is 0.196. The lowest BCUT2D eigenvalue weighted by molar-refractivity contribution is 0.102. The zero-order valence-electron chi connectivity index (χ0n) is 10.1. The van der Waals surface area contributed by atoms with E-state index in [1.165, 1.54) is 11.3 Å². The van der Waals surface area contributed by atoms with Crippen molar-refractivity contribution in [3.63, 3.8) is 0 Å². The number of rotatable bonds is 2. The summed E-state index contributed by atoms with van der Waals surface area (Å²) in [6.45, 7) is 1.87. The Morgan fingerprint density at radius 1 is 1.32 bits per heavy atom. The van der Waals surface area contributed by atoms with Gasteiger partial charge in [0.2, 0.25) is 5.13 Å². The van der Waals surface area contributed by atoms with Crippen LogP contribution in [0.5, 0.6) is 0 Å². The SMILES string of the molecule is Cc1cc(C(=O)Nc2nncs2)c2ccccc2n1. The van der Waals surface area contributed by atoms with Crippen LogP contribution >= 0.6 is 11.3 Å². The van der Waals surface area contributed by atoms with Gasteiger partial charge >= 0.3 is 0 Å².